The molecule has 0 bridgehead atoms. The van der Waals surface area contributed by atoms with E-state index in [2.05, 4.69) is 21.7 Å². The lowest BCUT2D eigenvalue weighted by Gasteiger charge is -2.31. The van der Waals surface area contributed by atoms with Crippen LogP contribution < -0.4 is 10.9 Å². The first kappa shape index (κ1) is 10.8. The molecule has 0 aromatic carbocycles. The second-order valence-electron chi connectivity index (χ2n) is 3.50. The van der Waals surface area contributed by atoms with Gasteiger partial charge >= 0.3 is 6.09 Å². The number of methoxy groups -OCH3 is 1. The Morgan fingerprint density at radius 2 is 2.07 bits per heavy atom. The number of amides is 1. The van der Waals surface area contributed by atoms with Gasteiger partial charge in [0.2, 0.25) is 0 Å². The molecule has 1 aliphatic carbocycles. The smallest absolute Gasteiger partial charge is 0.421 e. The Morgan fingerprint density at radius 3 is 2.57 bits per heavy atom. The molecule has 0 heterocycles. The minimum Gasteiger partial charge on any atom is -0.452 e. The Bertz CT molecular complexity index is 241. The largest absolute Gasteiger partial charge is 0.452 e. The van der Waals surface area contributed by atoms with Gasteiger partial charge < -0.3 is 4.74 Å². The third-order valence-electron chi connectivity index (χ3n) is 2.51. The topological polar surface area (TPSA) is 74.2 Å². The van der Waals surface area contributed by atoms with Crippen molar-refractivity contribution in [2.75, 3.05) is 7.11 Å². The minimum absolute atomic E-state index is 0.565. The van der Waals surface area contributed by atoms with Gasteiger partial charge in [0.25, 0.3) is 0 Å². The number of nitrogens with one attached hydrogen (secondary N) is 2. The van der Waals surface area contributed by atoms with Gasteiger partial charge in [-0.3, -0.25) is 5.43 Å². The highest BCUT2D eigenvalue weighted by molar-refractivity contribution is 5.66. The van der Waals surface area contributed by atoms with Crippen molar-refractivity contribution >= 4 is 6.09 Å². The number of carbonyl (C=O) groups is 1. The van der Waals surface area contributed by atoms with Crippen molar-refractivity contribution in [2.24, 2.45) is 0 Å². The van der Waals surface area contributed by atoms with Gasteiger partial charge in [0, 0.05) is 0 Å². The highest BCUT2D eigenvalue weighted by atomic mass is 16.5. The molecule has 1 rings (SSSR count). The third kappa shape index (κ3) is 2.60. The number of nitriles is 1. The zero-order chi connectivity index (χ0) is 10.4. The van der Waals surface area contributed by atoms with Crippen LogP contribution in [0.3, 0.4) is 0 Å². The summed E-state index contributed by atoms with van der Waals surface area (Å²) in [5.74, 6) is 0. The lowest BCUT2D eigenvalue weighted by Crippen LogP contribution is -2.54. The molecule has 0 aromatic rings. The van der Waals surface area contributed by atoms with Crippen LogP contribution >= 0.6 is 0 Å². The molecule has 0 aromatic heterocycles. The van der Waals surface area contributed by atoms with Crippen molar-refractivity contribution in [3.8, 4) is 6.07 Å². The quantitative estimate of drug-likeness (QED) is 0.649. The number of rotatable bonds is 2. The molecule has 0 radical (unpaired) electrons. The average Bonchev–Trinajstić information content (AvgIpc) is 2.27. The Balaban J connectivity index is 2.45. The van der Waals surface area contributed by atoms with Crippen molar-refractivity contribution in [3.05, 3.63) is 0 Å². The molecular weight excluding hydrogens is 182 g/mol. The first-order valence-corrected chi connectivity index (χ1v) is 4.75. The van der Waals surface area contributed by atoms with E-state index in [9.17, 15) is 4.79 Å². The van der Waals surface area contributed by atoms with Gasteiger partial charge in [0.15, 0.2) is 0 Å². The van der Waals surface area contributed by atoms with Crippen molar-refractivity contribution in [2.45, 2.75) is 37.6 Å². The molecule has 78 valence electrons. The summed E-state index contributed by atoms with van der Waals surface area (Å²) < 4.78 is 4.41. The second kappa shape index (κ2) is 4.82. The molecule has 5 nitrogen and oxygen atoms in total. The Hall–Kier alpha value is -1.28. The monoisotopic (exact) mass is 197 g/mol. The summed E-state index contributed by atoms with van der Waals surface area (Å²) in [6.07, 6.45) is 4.17. The molecular formula is C9H15N3O2. The second-order valence-corrected chi connectivity index (χ2v) is 3.50. The fourth-order valence-corrected chi connectivity index (χ4v) is 1.64. The number of hydrogen-bond acceptors (Lipinski definition) is 4. The molecule has 1 aliphatic rings. The van der Waals surface area contributed by atoms with E-state index in [-0.39, 0.29) is 0 Å². The summed E-state index contributed by atoms with van der Waals surface area (Å²) in [5.41, 5.74) is 4.51. The summed E-state index contributed by atoms with van der Waals surface area (Å²) in [6.45, 7) is 0. The van der Waals surface area contributed by atoms with Gasteiger partial charge in [-0.05, 0) is 12.8 Å². The van der Waals surface area contributed by atoms with Crippen LogP contribution in [0.25, 0.3) is 0 Å². The van der Waals surface area contributed by atoms with Crippen LogP contribution in [-0.2, 0) is 4.74 Å². The van der Waals surface area contributed by atoms with E-state index < -0.39 is 11.6 Å². The first-order valence-electron chi connectivity index (χ1n) is 4.75. The van der Waals surface area contributed by atoms with Gasteiger partial charge in [-0.15, -0.1) is 0 Å². The maximum absolute atomic E-state index is 10.8. The highest BCUT2D eigenvalue weighted by Gasteiger charge is 2.32. The van der Waals surface area contributed by atoms with Gasteiger partial charge in [-0.25, -0.2) is 10.2 Å². The minimum atomic E-state index is -0.605. The van der Waals surface area contributed by atoms with Gasteiger partial charge in [-0.2, -0.15) is 5.26 Å². The van der Waals surface area contributed by atoms with Crippen LogP contribution in [0.4, 0.5) is 4.79 Å². The average molecular weight is 197 g/mol. The Labute approximate surface area is 83.4 Å². The Kier molecular flexibility index (Phi) is 3.72. The van der Waals surface area contributed by atoms with Crippen molar-refractivity contribution in [1.29, 1.82) is 5.26 Å². The van der Waals surface area contributed by atoms with E-state index in [1.54, 1.807) is 0 Å². The van der Waals surface area contributed by atoms with E-state index in [4.69, 9.17) is 5.26 Å². The maximum Gasteiger partial charge on any atom is 0.421 e. The molecule has 0 atom stereocenters. The molecule has 1 fully saturated rings. The normalized spacial score (nSPS) is 19.4. The summed E-state index contributed by atoms with van der Waals surface area (Å²) >= 11 is 0. The van der Waals surface area contributed by atoms with Crippen LogP contribution in [0.15, 0.2) is 0 Å². The molecule has 0 unspecified atom stereocenters. The third-order valence-corrected chi connectivity index (χ3v) is 2.51. The summed E-state index contributed by atoms with van der Waals surface area (Å²) in [7, 11) is 1.29. The summed E-state index contributed by atoms with van der Waals surface area (Å²) in [5, 5.41) is 9.02. The molecule has 1 amide bonds. The van der Waals surface area contributed by atoms with E-state index in [0.717, 1.165) is 32.1 Å². The van der Waals surface area contributed by atoms with Crippen LogP contribution in [0, 0.1) is 11.3 Å². The van der Waals surface area contributed by atoms with Crippen LogP contribution in [0.2, 0.25) is 0 Å². The predicted molar refractivity (Wildman–Crippen MR) is 50.1 cm³/mol. The van der Waals surface area contributed by atoms with E-state index >= 15 is 0 Å². The van der Waals surface area contributed by atoms with Crippen molar-refractivity contribution in [1.82, 2.24) is 10.9 Å². The van der Waals surface area contributed by atoms with E-state index in [1.807, 2.05) is 0 Å². The zero-order valence-corrected chi connectivity index (χ0v) is 8.30. The van der Waals surface area contributed by atoms with Gasteiger partial charge in [-0.1, -0.05) is 19.3 Å². The van der Waals surface area contributed by atoms with Crippen molar-refractivity contribution < 1.29 is 9.53 Å². The van der Waals surface area contributed by atoms with Gasteiger partial charge in [0.05, 0.1) is 13.2 Å². The maximum atomic E-state index is 10.8. The number of carbonyl (C=O) groups excluding carboxylic acids is 1. The van der Waals surface area contributed by atoms with Gasteiger partial charge in [0.1, 0.15) is 5.54 Å². The summed E-state index contributed by atoms with van der Waals surface area (Å²) in [6, 6.07) is 2.22. The Morgan fingerprint density at radius 1 is 1.43 bits per heavy atom. The molecule has 0 spiro atoms. The number of nitrogens with zero attached hydrogens (tertiary/aromatic N) is 1. The van der Waals surface area contributed by atoms with Crippen LogP contribution in [0.1, 0.15) is 32.1 Å². The molecule has 0 saturated heterocycles. The number of hydrazine groups is 1. The zero-order valence-electron chi connectivity index (χ0n) is 8.30. The van der Waals surface area contributed by atoms with Crippen LogP contribution in [-0.4, -0.2) is 18.7 Å². The molecule has 14 heavy (non-hydrogen) atoms. The lowest BCUT2D eigenvalue weighted by molar-refractivity contribution is 0.155. The number of ether oxygens (including phenoxy) is 1. The molecule has 1 saturated carbocycles. The van der Waals surface area contributed by atoms with E-state index in [0.29, 0.717) is 0 Å². The van der Waals surface area contributed by atoms with E-state index in [1.165, 1.54) is 7.11 Å². The van der Waals surface area contributed by atoms with Crippen molar-refractivity contribution in [3.63, 3.8) is 0 Å². The lowest BCUT2D eigenvalue weighted by atomic mass is 9.83. The summed E-state index contributed by atoms with van der Waals surface area (Å²) in [4.78, 5) is 10.8. The molecule has 5 heteroatoms. The van der Waals surface area contributed by atoms with Crippen LogP contribution in [0.5, 0.6) is 0 Å². The fraction of sp³-hybridized carbons (Fsp3) is 0.778. The molecule has 0 aliphatic heterocycles. The fourth-order valence-electron chi connectivity index (χ4n) is 1.64. The SMILES string of the molecule is COC(=O)NNC1(C#N)CCCCC1. The number of hydrogen-bond donors (Lipinski definition) is 2. The standard InChI is InChI=1S/C9H15N3O2/c1-14-8(13)11-12-9(7-10)5-3-2-4-6-9/h12H,2-6H2,1H3,(H,11,13). The highest BCUT2D eigenvalue weighted by Crippen LogP contribution is 2.26. The first-order chi connectivity index (χ1) is 6.72. The predicted octanol–water partition coefficient (Wildman–Crippen LogP) is 1.07. The molecule has 2 N–H and O–H groups in total.